The van der Waals surface area contributed by atoms with Gasteiger partial charge in [0, 0.05) is 0 Å². The third-order valence-corrected chi connectivity index (χ3v) is 5.66. The van der Waals surface area contributed by atoms with Crippen molar-refractivity contribution >= 4 is 25.7 Å². The fourth-order valence-electron chi connectivity index (χ4n) is 2.18. The van der Waals surface area contributed by atoms with Gasteiger partial charge in [-0.1, -0.05) is 24.3 Å². The van der Waals surface area contributed by atoms with Gasteiger partial charge in [-0.2, -0.15) is 0 Å². The Bertz CT molecular complexity index is 978. The molecule has 27 heavy (non-hydrogen) atoms. The highest BCUT2D eigenvalue weighted by Crippen LogP contribution is 2.21. The molecule has 0 aliphatic rings. The molecule has 11 heteroatoms. The van der Waals surface area contributed by atoms with Gasteiger partial charge in [-0.05, 0) is 36.2 Å². The summed E-state index contributed by atoms with van der Waals surface area (Å²) >= 11 is 0. The number of benzene rings is 2. The maximum atomic E-state index is 12.2. The summed E-state index contributed by atoms with van der Waals surface area (Å²) in [4.78, 5) is -0.325. The van der Waals surface area contributed by atoms with Crippen LogP contribution in [0.2, 0.25) is 0 Å². The van der Waals surface area contributed by atoms with Crippen LogP contribution in [0.1, 0.15) is 5.56 Å². The van der Waals surface area contributed by atoms with Crippen LogP contribution in [0.4, 0.5) is 14.5 Å². The van der Waals surface area contributed by atoms with E-state index in [4.69, 9.17) is 9.88 Å². The first-order valence-electron chi connectivity index (χ1n) is 7.69. The van der Waals surface area contributed by atoms with Crippen LogP contribution >= 0.6 is 0 Å². The summed E-state index contributed by atoms with van der Waals surface area (Å²) in [6.45, 7) is -0.721. The molecule has 0 aliphatic carbocycles. The molecule has 0 heterocycles. The Morgan fingerprint density at radius 3 is 2.22 bits per heavy atom. The zero-order valence-electron chi connectivity index (χ0n) is 14.0. The lowest BCUT2D eigenvalue weighted by Gasteiger charge is -2.11. The first-order valence-corrected chi connectivity index (χ1v) is 10.9. The van der Waals surface area contributed by atoms with Crippen LogP contribution in [-0.2, 0) is 26.5 Å². The minimum atomic E-state index is -4.08. The number of sulfonamides is 2. The van der Waals surface area contributed by atoms with E-state index in [9.17, 15) is 25.6 Å². The van der Waals surface area contributed by atoms with Crippen LogP contribution in [-0.4, -0.2) is 35.6 Å². The van der Waals surface area contributed by atoms with E-state index in [0.29, 0.717) is 5.56 Å². The van der Waals surface area contributed by atoms with E-state index in [-0.39, 0.29) is 28.5 Å². The van der Waals surface area contributed by atoms with Gasteiger partial charge >= 0.3 is 0 Å². The third kappa shape index (κ3) is 6.77. The van der Waals surface area contributed by atoms with Crippen molar-refractivity contribution in [3.05, 3.63) is 54.1 Å². The number of aryl methyl sites for hydroxylation is 1. The lowest BCUT2D eigenvalue weighted by molar-refractivity contribution is 0.0819. The van der Waals surface area contributed by atoms with E-state index < -0.39 is 33.1 Å². The molecule has 0 saturated heterocycles. The summed E-state index contributed by atoms with van der Waals surface area (Å²) in [5.74, 6) is -0.0643. The Morgan fingerprint density at radius 1 is 1.00 bits per heavy atom. The summed E-state index contributed by atoms with van der Waals surface area (Å²) in [5.41, 5.74) is 0.514. The van der Waals surface area contributed by atoms with Crippen molar-refractivity contribution in [3.8, 4) is 5.75 Å². The average Bonchev–Trinajstić information content (AvgIpc) is 2.58. The maximum Gasteiger partial charge on any atom is 0.272 e. The molecule has 0 radical (unpaired) electrons. The first kappa shape index (κ1) is 21.1. The van der Waals surface area contributed by atoms with E-state index in [1.807, 2.05) is 0 Å². The number of ether oxygens (including phenoxy) is 1. The standard InChI is InChI=1S/C16H18F2N2O5S2/c17-16(18)11-25-13-7-5-12(6-8-13)9-10-26(21,22)20-14-3-1-2-4-15(14)27(19,23)24/h1-8,16,20H,9-11H2,(H2,19,23,24). The summed E-state index contributed by atoms with van der Waals surface area (Å²) in [7, 11) is -7.93. The van der Waals surface area contributed by atoms with Gasteiger partial charge in [-0.25, -0.2) is 30.8 Å². The van der Waals surface area contributed by atoms with Crippen molar-refractivity contribution in [2.75, 3.05) is 17.1 Å². The quantitative estimate of drug-likeness (QED) is 0.643. The molecule has 7 nitrogen and oxygen atoms in total. The Labute approximate surface area is 156 Å². The Kier molecular flexibility index (Phi) is 6.73. The van der Waals surface area contributed by atoms with E-state index in [1.54, 1.807) is 12.1 Å². The second-order valence-electron chi connectivity index (χ2n) is 5.56. The molecular formula is C16H18F2N2O5S2. The minimum absolute atomic E-state index is 0.127. The van der Waals surface area contributed by atoms with E-state index in [0.717, 1.165) is 0 Å². The second-order valence-corrected chi connectivity index (χ2v) is 8.93. The number of nitrogens with two attached hydrogens (primary N) is 1. The van der Waals surface area contributed by atoms with Gasteiger partial charge in [0.2, 0.25) is 20.0 Å². The summed E-state index contributed by atoms with van der Waals surface area (Å²) in [6.07, 6.45) is -2.46. The monoisotopic (exact) mass is 420 g/mol. The van der Waals surface area contributed by atoms with Crippen LogP contribution < -0.4 is 14.6 Å². The summed E-state index contributed by atoms with van der Waals surface area (Å²) in [5, 5.41) is 5.08. The zero-order valence-corrected chi connectivity index (χ0v) is 15.6. The maximum absolute atomic E-state index is 12.2. The highest BCUT2D eigenvalue weighted by molar-refractivity contribution is 7.93. The number of nitrogens with one attached hydrogen (secondary N) is 1. The van der Waals surface area contributed by atoms with E-state index in [1.165, 1.54) is 36.4 Å². The van der Waals surface area contributed by atoms with Crippen LogP contribution in [0.15, 0.2) is 53.4 Å². The molecular weight excluding hydrogens is 402 g/mol. The average molecular weight is 420 g/mol. The van der Waals surface area contributed by atoms with Crippen LogP contribution in [0.3, 0.4) is 0 Å². The molecule has 0 atom stereocenters. The number of primary sulfonamides is 1. The van der Waals surface area contributed by atoms with Gasteiger partial charge in [0.15, 0.2) is 0 Å². The summed E-state index contributed by atoms with van der Waals surface area (Å²) < 4.78 is 78.8. The van der Waals surface area contributed by atoms with Crippen LogP contribution in [0.5, 0.6) is 5.75 Å². The Morgan fingerprint density at radius 2 is 1.63 bits per heavy atom. The number of halogens is 2. The zero-order chi connectivity index (χ0) is 20.1. The fraction of sp³-hybridized carbons (Fsp3) is 0.250. The second kappa shape index (κ2) is 8.63. The number of hydrogen-bond donors (Lipinski definition) is 2. The number of anilines is 1. The normalized spacial score (nSPS) is 12.1. The highest BCUT2D eigenvalue weighted by atomic mass is 32.2. The van der Waals surface area contributed by atoms with Crippen LogP contribution in [0, 0.1) is 0 Å². The van der Waals surface area contributed by atoms with Gasteiger partial charge in [0.25, 0.3) is 6.43 Å². The summed E-state index contributed by atoms with van der Waals surface area (Å²) in [6, 6.07) is 11.5. The topological polar surface area (TPSA) is 116 Å². The van der Waals surface area contributed by atoms with Gasteiger partial charge < -0.3 is 4.74 Å². The van der Waals surface area contributed by atoms with Gasteiger partial charge in [-0.15, -0.1) is 0 Å². The predicted molar refractivity (Wildman–Crippen MR) is 96.9 cm³/mol. The van der Waals surface area contributed by atoms with Crippen molar-refractivity contribution in [2.45, 2.75) is 17.7 Å². The molecule has 2 aromatic carbocycles. The van der Waals surface area contributed by atoms with E-state index in [2.05, 4.69) is 4.72 Å². The molecule has 0 saturated carbocycles. The van der Waals surface area contributed by atoms with Crippen molar-refractivity contribution in [3.63, 3.8) is 0 Å². The molecule has 2 rings (SSSR count). The lowest BCUT2D eigenvalue weighted by atomic mass is 10.2. The molecule has 148 valence electrons. The highest BCUT2D eigenvalue weighted by Gasteiger charge is 2.18. The number of alkyl halides is 2. The third-order valence-electron chi connectivity index (χ3n) is 3.42. The largest absolute Gasteiger partial charge is 0.488 e. The molecule has 3 N–H and O–H groups in total. The van der Waals surface area contributed by atoms with Gasteiger partial charge in [0.1, 0.15) is 17.3 Å². The molecule has 0 spiro atoms. The van der Waals surface area contributed by atoms with Gasteiger partial charge in [-0.3, -0.25) is 4.72 Å². The van der Waals surface area contributed by atoms with Crippen molar-refractivity contribution in [1.82, 2.24) is 0 Å². The SMILES string of the molecule is NS(=O)(=O)c1ccccc1NS(=O)(=O)CCc1ccc(OCC(F)F)cc1. The van der Waals surface area contributed by atoms with Crippen molar-refractivity contribution in [1.29, 1.82) is 0 Å². The van der Waals surface area contributed by atoms with Crippen LogP contribution in [0.25, 0.3) is 0 Å². The number of para-hydroxylation sites is 1. The minimum Gasteiger partial charge on any atom is -0.488 e. The van der Waals surface area contributed by atoms with Crippen molar-refractivity contribution < 1.29 is 30.4 Å². The smallest absolute Gasteiger partial charge is 0.272 e. The fourth-order valence-corrected chi connectivity index (χ4v) is 4.06. The van der Waals surface area contributed by atoms with Gasteiger partial charge in [0.05, 0.1) is 11.4 Å². The molecule has 2 aromatic rings. The Hall–Kier alpha value is -2.24. The molecule has 0 fully saturated rings. The Balaban J connectivity index is 2.02. The molecule has 0 aromatic heterocycles. The van der Waals surface area contributed by atoms with E-state index >= 15 is 0 Å². The lowest BCUT2D eigenvalue weighted by Crippen LogP contribution is -2.21. The molecule has 0 bridgehead atoms. The predicted octanol–water partition coefficient (Wildman–Crippen LogP) is 1.96. The molecule has 0 amide bonds. The first-order chi connectivity index (χ1) is 12.6. The molecule has 0 aliphatic heterocycles. The van der Waals surface area contributed by atoms with Crippen molar-refractivity contribution in [2.24, 2.45) is 5.14 Å². The number of rotatable bonds is 9. The number of hydrogen-bond acceptors (Lipinski definition) is 5. The molecule has 0 unspecified atom stereocenters.